The summed E-state index contributed by atoms with van der Waals surface area (Å²) in [5.74, 6) is -11.5. The predicted octanol–water partition coefficient (Wildman–Crippen LogP) is -1.17. The minimum Gasteiger partial charge on any atom is -0.462 e. The Hall–Kier alpha value is -7.46. The monoisotopic (exact) mass is 1250 g/mol. The summed E-state index contributed by atoms with van der Waals surface area (Å²) in [6.07, 6.45) is 4.51. The Morgan fingerprint density at radius 1 is 0.674 bits per heavy atom. The molecule has 0 bridgehead atoms. The lowest BCUT2D eigenvalue weighted by atomic mass is 9.83. The standard InChI is InChI=1S/C61H102N14O14/c1-12-32(5)44(71-53(80)42(65-11)29-38-23-18-16-19-24-38)55(82)69-43(30-76)54(81)68-41(27-22-28-66-61(63)64)52(79)70-45(33(6)13-2)56(83)72-46(34(7)14-3)59(86)88-31-40(62)51(78)74-48-37(10)89-60(87)47(35(8)15-4)73-58(85)49(39-25-20-17-21-26-39)75-50(77)36(9)67-57(48)84/h16,18-19,23-24,32-37,39-49,65,76H,12-15,17,20-22,25-31,62H2,1-11H3,(H,67,84)(H,68,81)(H,69,82)(H,70,79)(H,71,80)(H,72,83)(H,73,85)(H,74,78)(H,75,77)(H4,63,64,66)/t32-,33-,34-,35-,36-,37-,40-,41+,42+,43-,44-,45+,46-,47-,48+,49-/m0/s1. The minimum absolute atomic E-state index is 0.0287. The molecule has 0 radical (unpaired) electrons. The summed E-state index contributed by atoms with van der Waals surface area (Å²) < 4.78 is 11.3. The number of esters is 2. The van der Waals surface area contributed by atoms with Crippen LogP contribution in [0.1, 0.15) is 145 Å². The molecule has 28 nitrogen and oxygen atoms in total. The van der Waals surface area contributed by atoms with E-state index in [0.29, 0.717) is 44.9 Å². The molecule has 1 saturated carbocycles. The number of guanidine groups is 1. The summed E-state index contributed by atoms with van der Waals surface area (Å²) in [5.41, 5.74) is 18.2. The van der Waals surface area contributed by atoms with Crippen LogP contribution in [0.3, 0.4) is 0 Å². The van der Waals surface area contributed by atoms with Gasteiger partial charge >= 0.3 is 11.9 Å². The van der Waals surface area contributed by atoms with Gasteiger partial charge in [0.1, 0.15) is 73.1 Å². The van der Waals surface area contributed by atoms with Gasteiger partial charge in [0.25, 0.3) is 0 Å². The van der Waals surface area contributed by atoms with Crippen molar-refractivity contribution in [3.63, 3.8) is 0 Å². The molecule has 9 amide bonds. The Labute approximate surface area is 523 Å². The summed E-state index contributed by atoms with van der Waals surface area (Å²) in [7, 11) is 1.62. The molecule has 17 N–H and O–H groups in total. The van der Waals surface area contributed by atoms with Crippen LogP contribution >= 0.6 is 0 Å². The van der Waals surface area contributed by atoms with E-state index in [0.717, 1.165) is 24.8 Å². The van der Waals surface area contributed by atoms with Gasteiger partial charge in [0.15, 0.2) is 5.96 Å². The van der Waals surface area contributed by atoms with Gasteiger partial charge < -0.3 is 84.9 Å². The van der Waals surface area contributed by atoms with Crippen LogP contribution in [0.4, 0.5) is 0 Å². The maximum Gasteiger partial charge on any atom is 0.329 e. The number of cyclic esters (lactones) is 1. The summed E-state index contributed by atoms with van der Waals surface area (Å²) in [5, 5.41) is 37.3. The van der Waals surface area contributed by atoms with Gasteiger partial charge in [0, 0.05) is 6.54 Å². The van der Waals surface area contributed by atoms with Crippen LogP contribution in [0, 0.1) is 29.6 Å². The van der Waals surface area contributed by atoms with Crippen molar-refractivity contribution in [2.45, 2.75) is 219 Å². The van der Waals surface area contributed by atoms with Gasteiger partial charge in [-0.1, -0.05) is 131 Å². The average Bonchev–Trinajstić information content (AvgIpc) is 3.83. The SMILES string of the molecule is CC[C@H](C)[C@H](NC(=O)[C@@H](Cc1ccccc1)NC)C(=O)N[C@@H](CO)C(=O)N[C@H](CCCN=C(N)N)C(=O)N[C@@H](C(=O)N[C@H](C(=O)OC[C@H](N)C(=O)N[C@H]1C(=O)N[C@@H](C)C(=O)N[C@@H](C2CCCCC2)C(=O)N[C@@H]([C@@H](C)CC)C(=O)O[C@H]1C)[C@@H](C)CC)[C@@H](C)CC. The number of aliphatic hydroxyl groups is 1. The Bertz CT molecular complexity index is 2550. The fraction of sp³-hybridized carbons (Fsp3) is 0.705. The number of carbonyl (C=O) groups excluding carboxylic acids is 11. The predicted molar refractivity (Wildman–Crippen MR) is 332 cm³/mol. The highest BCUT2D eigenvalue weighted by molar-refractivity contribution is 5.98. The van der Waals surface area contributed by atoms with Crippen molar-refractivity contribution >= 4 is 71.1 Å². The minimum atomic E-state index is -1.65. The molecule has 1 saturated heterocycles. The summed E-state index contributed by atoms with van der Waals surface area (Å²) in [6.45, 7) is 15.0. The van der Waals surface area contributed by atoms with Crippen LogP contribution in [0.5, 0.6) is 0 Å². The second-order valence-corrected chi connectivity index (χ2v) is 23.8. The van der Waals surface area contributed by atoms with E-state index in [9.17, 15) is 57.8 Å². The van der Waals surface area contributed by atoms with E-state index in [1.165, 1.54) is 13.8 Å². The third-order valence-electron chi connectivity index (χ3n) is 17.0. The van der Waals surface area contributed by atoms with Crippen molar-refractivity contribution in [3.05, 3.63) is 35.9 Å². The average molecular weight is 1260 g/mol. The van der Waals surface area contributed by atoms with Gasteiger partial charge in [-0.15, -0.1) is 0 Å². The highest BCUT2D eigenvalue weighted by Gasteiger charge is 2.42. The lowest BCUT2D eigenvalue weighted by molar-refractivity contribution is -0.158. The zero-order valence-electron chi connectivity index (χ0n) is 53.7. The Kier molecular flexibility index (Phi) is 32.5. The number of hydrogen-bond acceptors (Lipinski definition) is 17. The number of likely N-dealkylation sites (N-methyl/N-ethyl adjacent to an activating group) is 1. The maximum atomic E-state index is 14.4. The van der Waals surface area contributed by atoms with Crippen molar-refractivity contribution in [1.29, 1.82) is 0 Å². The van der Waals surface area contributed by atoms with Crippen LogP contribution in [0.25, 0.3) is 0 Å². The quantitative estimate of drug-likeness (QED) is 0.0175. The van der Waals surface area contributed by atoms with Crippen LogP contribution in [-0.2, 0) is 68.6 Å². The van der Waals surface area contributed by atoms with Gasteiger partial charge in [-0.2, -0.15) is 0 Å². The van der Waals surface area contributed by atoms with Gasteiger partial charge in [-0.3, -0.25) is 48.1 Å². The molecule has 16 atom stereocenters. The number of nitrogens with two attached hydrogens (primary N) is 3. The molecule has 3 rings (SSSR count). The highest BCUT2D eigenvalue weighted by atomic mass is 16.5. The number of rotatable bonds is 32. The maximum absolute atomic E-state index is 14.4. The Morgan fingerprint density at radius 2 is 1.21 bits per heavy atom. The molecule has 2 fully saturated rings. The number of benzene rings is 1. The molecule has 500 valence electrons. The molecule has 1 aliphatic carbocycles. The van der Waals surface area contributed by atoms with Crippen molar-refractivity contribution in [3.8, 4) is 0 Å². The number of nitrogens with one attached hydrogen (secondary N) is 10. The molecule has 28 heteroatoms. The largest absolute Gasteiger partial charge is 0.462 e. The molecule has 1 heterocycles. The van der Waals surface area contributed by atoms with Crippen LogP contribution in [-0.4, -0.2) is 176 Å². The van der Waals surface area contributed by atoms with E-state index in [2.05, 4.69) is 58.2 Å². The van der Waals surface area contributed by atoms with Crippen LogP contribution < -0.4 is 70.4 Å². The highest BCUT2D eigenvalue weighted by Crippen LogP contribution is 2.28. The van der Waals surface area contributed by atoms with E-state index >= 15 is 0 Å². The molecule has 1 aliphatic heterocycles. The summed E-state index contributed by atoms with van der Waals surface area (Å²) >= 11 is 0. The number of nitrogens with zero attached hydrogens (tertiary/aromatic N) is 1. The number of aliphatic hydroxyl groups excluding tert-OH is 1. The van der Waals surface area contributed by atoms with Crippen molar-refractivity contribution in [2.24, 2.45) is 51.8 Å². The zero-order valence-corrected chi connectivity index (χ0v) is 53.7. The lowest BCUT2D eigenvalue weighted by Crippen LogP contribution is -2.61. The first-order valence-corrected chi connectivity index (χ1v) is 31.4. The topological polar surface area (TPSA) is 437 Å². The molecule has 0 spiro atoms. The van der Waals surface area contributed by atoms with Crippen molar-refractivity contribution < 1.29 is 67.3 Å². The third-order valence-corrected chi connectivity index (χ3v) is 17.0. The first-order chi connectivity index (χ1) is 42.2. The molecular weight excluding hydrogens is 1150 g/mol. The second-order valence-electron chi connectivity index (χ2n) is 23.8. The van der Waals surface area contributed by atoms with Gasteiger partial charge in [0.2, 0.25) is 53.2 Å². The number of aliphatic imine (C=N–C) groups is 1. The molecule has 1 aromatic rings. The van der Waals surface area contributed by atoms with E-state index in [1.54, 1.807) is 48.6 Å². The zero-order chi connectivity index (χ0) is 66.7. The Balaban J connectivity index is 1.81. The smallest absolute Gasteiger partial charge is 0.329 e. The van der Waals surface area contributed by atoms with E-state index in [-0.39, 0.29) is 31.3 Å². The fourth-order valence-electron chi connectivity index (χ4n) is 10.2. The number of ether oxygens (including phenoxy) is 2. The van der Waals surface area contributed by atoms with E-state index < -0.39 is 175 Å². The summed E-state index contributed by atoms with van der Waals surface area (Å²) in [6, 6.07) is -5.02. The molecule has 0 unspecified atom stereocenters. The first-order valence-electron chi connectivity index (χ1n) is 31.4. The number of carbonyl (C=O) groups is 11. The molecule has 2 aliphatic rings. The van der Waals surface area contributed by atoms with Gasteiger partial charge in [-0.25, -0.2) is 9.59 Å². The second kappa shape index (κ2) is 38.2. The van der Waals surface area contributed by atoms with E-state index in [1.807, 2.05) is 44.2 Å². The molecule has 89 heavy (non-hydrogen) atoms. The number of hydrogen-bond donors (Lipinski definition) is 14. The van der Waals surface area contributed by atoms with Crippen LogP contribution in [0.2, 0.25) is 0 Å². The summed E-state index contributed by atoms with van der Waals surface area (Å²) in [4.78, 5) is 157. The van der Waals surface area contributed by atoms with Crippen LogP contribution in [0.15, 0.2) is 35.3 Å². The number of amides is 9. The fourth-order valence-corrected chi connectivity index (χ4v) is 10.2. The van der Waals surface area contributed by atoms with Crippen molar-refractivity contribution in [1.82, 2.24) is 53.2 Å². The molecule has 0 aromatic heterocycles. The van der Waals surface area contributed by atoms with Gasteiger partial charge in [0.05, 0.1) is 12.6 Å². The third kappa shape index (κ3) is 23.8. The van der Waals surface area contributed by atoms with Gasteiger partial charge in [-0.05, 0) is 88.2 Å². The Morgan fingerprint density at radius 3 is 1.76 bits per heavy atom. The van der Waals surface area contributed by atoms with Crippen molar-refractivity contribution in [2.75, 3.05) is 26.8 Å². The lowest BCUT2D eigenvalue weighted by Gasteiger charge is -2.32. The molecule has 1 aromatic carbocycles. The first kappa shape index (κ1) is 75.8. The molecular formula is C61H102N14O14. The van der Waals surface area contributed by atoms with E-state index in [4.69, 9.17) is 26.7 Å². The normalized spacial score (nSPS) is 22.2.